The molecule has 0 rings (SSSR count). The van der Waals surface area contributed by atoms with Crippen molar-refractivity contribution in [2.45, 2.75) is 40.5 Å². The lowest BCUT2D eigenvalue weighted by molar-refractivity contribution is 0.163. The molecule has 2 unspecified atom stereocenters. The summed E-state index contributed by atoms with van der Waals surface area (Å²) in [7, 11) is -4.49. The second-order valence-corrected chi connectivity index (χ2v) is 12.8. The second kappa shape index (κ2) is 12.8. The third-order valence-electron chi connectivity index (χ3n) is 3.87. The van der Waals surface area contributed by atoms with Crippen molar-refractivity contribution < 1.29 is 18.6 Å². The molecule has 0 N–H and O–H groups in total. The van der Waals surface area contributed by atoms with Crippen molar-refractivity contribution in [2.24, 2.45) is 0 Å². The first-order valence-electron chi connectivity index (χ1n) is 8.75. The average Bonchev–Trinajstić information content (AvgIpc) is 2.47. The molecule has 0 amide bonds. The summed E-state index contributed by atoms with van der Waals surface area (Å²) in [5.41, 5.74) is 0. The Hall–Kier alpha value is 0.380. The highest BCUT2D eigenvalue weighted by molar-refractivity contribution is 7.67. The van der Waals surface area contributed by atoms with Gasteiger partial charge in [-0.3, -0.25) is 0 Å². The average molecular weight is 356 g/mol. The molecule has 0 aromatic heterocycles. The SMILES string of the molecule is CCCP(=O)(CCOCC)C[14CH2]P(=O)(CCC)CCOCC. The van der Waals surface area contributed by atoms with Gasteiger partial charge in [-0.05, 0) is 26.7 Å². The van der Waals surface area contributed by atoms with Gasteiger partial charge in [-0.15, -0.1) is 0 Å². The van der Waals surface area contributed by atoms with Crippen LogP contribution in [0.5, 0.6) is 0 Å². The summed E-state index contributed by atoms with van der Waals surface area (Å²) in [4.78, 5) is 0. The van der Waals surface area contributed by atoms with Gasteiger partial charge in [0, 0.05) is 50.2 Å². The summed E-state index contributed by atoms with van der Waals surface area (Å²) in [6.07, 6.45) is 5.81. The Labute approximate surface area is 137 Å². The molecule has 0 fully saturated rings. The zero-order valence-electron chi connectivity index (χ0n) is 15.0. The fraction of sp³-hybridized carbons (Fsp3) is 1.00. The minimum Gasteiger partial charge on any atom is -0.381 e. The molecular formula is C16H36O4P2. The van der Waals surface area contributed by atoms with Crippen molar-refractivity contribution in [3.63, 3.8) is 0 Å². The molecule has 6 heteroatoms. The summed E-state index contributed by atoms with van der Waals surface area (Å²) in [6.45, 7) is 10.5. The van der Waals surface area contributed by atoms with E-state index in [0.717, 1.165) is 25.2 Å². The summed E-state index contributed by atoms with van der Waals surface area (Å²) < 4.78 is 36.8. The fourth-order valence-electron chi connectivity index (χ4n) is 2.60. The molecule has 0 spiro atoms. The Balaban J connectivity index is 4.59. The summed E-state index contributed by atoms with van der Waals surface area (Å²) in [6, 6.07) is 0. The van der Waals surface area contributed by atoms with Crippen LogP contribution in [0, 0.1) is 0 Å². The molecule has 0 heterocycles. The third-order valence-corrected chi connectivity index (χ3v) is 10.8. The minimum absolute atomic E-state index is 0.560. The molecule has 0 aliphatic carbocycles. The highest BCUT2D eigenvalue weighted by Gasteiger charge is 2.27. The van der Waals surface area contributed by atoms with E-state index >= 15 is 0 Å². The Bertz CT molecular complexity index is 324. The van der Waals surface area contributed by atoms with Crippen molar-refractivity contribution in [2.75, 3.05) is 63.4 Å². The Morgan fingerprint density at radius 2 is 1.32 bits per heavy atom. The van der Waals surface area contributed by atoms with Crippen LogP contribution in [0.1, 0.15) is 40.5 Å². The van der Waals surface area contributed by atoms with Crippen molar-refractivity contribution >= 4 is 14.3 Å². The first kappa shape index (κ1) is 22.4. The Morgan fingerprint density at radius 3 is 1.82 bits per heavy atom. The molecule has 0 radical (unpaired) electrons. The molecular weight excluding hydrogens is 320 g/mol. The topological polar surface area (TPSA) is 52.6 Å². The molecule has 0 aliphatic heterocycles. The minimum atomic E-state index is -2.25. The zero-order chi connectivity index (χ0) is 16.9. The monoisotopic (exact) mass is 356 g/mol. The van der Waals surface area contributed by atoms with E-state index in [4.69, 9.17) is 9.47 Å². The van der Waals surface area contributed by atoms with Crippen molar-refractivity contribution in [3.05, 3.63) is 0 Å². The molecule has 0 aromatic rings. The highest BCUT2D eigenvalue weighted by Crippen LogP contribution is 2.53. The molecule has 0 aliphatic rings. The molecule has 0 aromatic carbocycles. The third kappa shape index (κ3) is 10.2. The Morgan fingerprint density at radius 1 is 0.773 bits per heavy atom. The van der Waals surface area contributed by atoms with Gasteiger partial charge in [0.05, 0.1) is 27.5 Å². The van der Waals surface area contributed by atoms with E-state index < -0.39 is 14.3 Å². The molecule has 0 saturated heterocycles. The van der Waals surface area contributed by atoms with Gasteiger partial charge in [0.25, 0.3) is 0 Å². The second-order valence-electron chi connectivity index (χ2n) is 5.85. The van der Waals surface area contributed by atoms with Crippen LogP contribution >= 0.6 is 14.3 Å². The fourth-order valence-corrected chi connectivity index (χ4v) is 9.41. The lowest BCUT2D eigenvalue weighted by atomic mass is 10.6. The lowest BCUT2D eigenvalue weighted by Crippen LogP contribution is -2.12. The van der Waals surface area contributed by atoms with Gasteiger partial charge in [-0.1, -0.05) is 13.8 Å². The maximum absolute atomic E-state index is 13.0. The van der Waals surface area contributed by atoms with E-state index in [9.17, 15) is 9.13 Å². The van der Waals surface area contributed by atoms with Crippen LogP contribution in [0.15, 0.2) is 0 Å². The van der Waals surface area contributed by atoms with Gasteiger partial charge in [0.15, 0.2) is 0 Å². The smallest absolute Gasteiger partial charge is 0.0904 e. The van der Waals surface area contributed by atoms with Crippen LogP contribution in [-0.4, -0.2) is 63.4 Å². The van der Waals surface area contributed by atoms with Crippen LogP contribution in [0.3, 0.4) is 0 Å². The van der Waals surface area contributed by atoms with Crippen molar-refractivity contribution in [3.8, 4) is 0 Å². The molecule has 0 saturated carbocycles. The predicted octanol–water partition coefficient (Wildman–Crippen LogP) is 4.61. The molecule has 134 valence electrons. The van der Waals surface area contributed by atoms with E-state index in [0.29, 0.717) is 51.1 Å². The largest absolute Gasteiger partial charge is 0.381 e. The van der Waals surface area contributed by atoms with E-state index in [1.54, 1.807) is 0 Å². The predicted molar refractivity (Wildman–Crippen MR) is 98.0 cm³/mol. The van der Waals surface area contributed by atoms with Crippen LogP contribution in [-0.2, 0) is 18.6 Å². The first-order valence-corrected chi connectivity index (χ1v) is 13.3. The molecule has 22 heavy (non-hydrogen) atoms. The van der Waals surface area contributed by atoms with Crippen LogP contribution in [0.4, 0.5) is 0 Å². The van der Waals surface area contributed by atoms with E-state index in [2.05, 4.69) is 13.8 Å². The highest BCUT2D eigenvalue weighted by atomic mass is 31.2. The maximum Gasteiger partial charge on any atom is 0.0904 e. The first-order chi connectivity index (χ1) is 10.4. The quantitative estimate of drug-likeness (QED) is 0.318. The van der Waals surface area contributed by atoms with E-state index in [1.807, 2.05) is 13.8 Å². The van der Waals surface area contributed by atoms with Crippen LogP contribution in [0.2, 0.25) is 0 Å². The van der Waals surface area contributed by atoms with Crippen LogP contribution < -0.4 is 0 Å². The van der Waals surface area contributed by atoms with E-state index in [-0.39, 0.29) is 0 Å². The molecule has 4 nitrogen and oxygen atoms in total. The van der Waals surface area contributed by atoms with Crippen molar-refractivity contribution in [1.82, 2.24) is 0 Å². The van der Waals surface area contributed by atoms with Gasteiger partial charge in [0.2, 0.25) is 0 Å². The number of hydrogen-bond acceptors (Lipinski definition) is 4. The summed E-state index contributed by atoms with van der Waals surface area (Å²) in [5, 5.41) is 0. The number of hydrogen-bond donors (Lipinski definition) is 0. The molecule has 0 bridgehead atoms. The van der Waals surface area contributed by atoms with Gasteiger partial charge in [-0.2, -0.15) is 0 Å². The van der Waals surface area contributed by atoms with E-state index in [1.165, 1.54) is 0 Å². The summed E-state index contributed by atoms with van der Waals surface area (Å²) in [5.74, 6) is 0. The normalized spacial score (nSPS) is 17.1. The molecule has 2 atom stereocenters. The number of rotatable bonds is 15. The van der Waals surface area contributed by atoms with Crippen LogP contribution in [0.25, 0.3) is 0 Å². The number of ether oxygens (including phenoxy) is 2. The summed E-state index contributed by atoms with van der Waals surface area (Å²) >= 11 is 0. The van der Waals surface area contributed by atoms with Gasteiger partial charge >= 0.3 is 0 Å². The standard InChI is InChI=1S/C16H36O4P2/c1-5-11-21(17,13-9-19-7-3)15-16-22(18,12-6-2)14-10-20-8-4/h5-16H2,1-4H3/i15+2. The lowest BCUT2D eigenvalue weighted by Gasteiger charge is -2.22. The van der Waals surface area contributed by atoms with Gasteiger partial charge in [0.1, 0.15) is 0 Å². The maximum atomic E-state index is 13.0. The van der Waals surface area contributed by atoms with Gasteiger partial charge in [-0.25, -0.2) is 0 Å². The van der Waals surface area contributed by atoms with Crippen molar-refractivity contribution in [1.29, 1.82) is 0 Å². The Kier molecular flexibility index (Phi) is 13.0. The van der Waals surface area contributed by atoms with Gasteiger partial charge < -0.3 is 18.6 Å². The zero-order valence-corrected chi connectivity index (χ0v) is 16.8.